The smallest absolute Gasteiger partial charge is 0.259 e. The highest BCUT2D eigenvalue weighted by molar-refractivity contribution is 7.16. The van der Waals surface area contributed by atoms with Crippen LogP contribution >= 0.6 is 11.3 Å². The number of allylic oxidation sites excluding steroid dienone is 1. The lowest BCUT2D eigenvalue weighted by Gasteiger charge is -2.13. The molecule has 0 atom stereocenters. The molecule has 0 saturated carbocycles. The summed E-state index contributed by atoms with van der Waals surface area (Å²) in [5.41, 5.74) is 6.34. The van der Waals surface area contributed by atoms with Crippen LogP contribution in [-0.4, -0.2) is 23.8 Å². The fraction of sp³-hybridized carbons (Fsp3) is 0.355. The Hall–Kier alpha value is -3.38. The lowest BCUT2D eigenvalue weighted by Crippen LogP contribution is -2.15. The fourth-order valence-electron chi connectivity index (χ4n) is 4.76. The van der Waals surface area contributed by atoms with Gasteiger partial charge < -0.3 is 15.2 Å². The zero-order valence-electron chi connectivity index (χ0n) is 22.0. The van der Waals surface area contributed by atoms with Crippen LogP contribution in [0.1, 0.15) is 75.7 Å². The van der Waals surface area contributed by atoms with E-state index in [0.717, 1.165) is 64.2 Å². The summed E-state index contributed by atoms with van der Waals surface area (Å²) in [4.78, 5) is 19.8. The molecule has 2 N–H and O–H groups in total. The van der Waals surface area contributed by atoms with E-state index in [2.05, 4.69) is 18.0 Å². The number of fused-ring (bicyclic) bond motifs is 1. The maximum Gasteiger partial charge on any atom is 0.259 e. The van der Waals surface area contributed by atoms with E-state index in [1.807, 2.05) is 39.0 Å². The Balaban J connectivity index is 1.75. The maximum absolute atomic E-state index is 13.7. The quantitative estimate of drug-likeness (QED) is 0.236. The highest BCUT2D eigenvalue weighted by Crippen LogP contribution is 2.40. The van der Waals surface area contributed by atoms with E-state index in [1.54, 1.807) is 29.7 Å². The van der Waals surface area contributed by atoms with Gasteiger partial charge >= 0.3 is 0 Å². The van der Waals surface area contributed by atoms with Crippen LogP contribution < -0.4 is 10.1 Å². The average Bonchev–Trinajstić information content (AvgIpc) is 3.19. The molecule has 0 saturated heterocycles. The number of rotatable bonds is 8. The Morgan fingerprint density at radius 3 is 2.70 bits per heavy atom. The van der Waals surface area contributed by atoms with Gasteiger partial charge in [-0.15, -0.1) is 17.9 Å². The van der Waals surface area contributed by atoms with Crippen LogP contribution in [0.4, 0.5) is 10.7 Å². The first kappa shape index (κ1) is 26.7. The number of hydrogen-bond donors (Lipinski definition) is 2. The first-order chi connectivity index (χ1) is 17.9. The van der Waals surface area contributed by atoms with Gasteiger partial charge in [0.2, 0.25) is 0 Å². The molecule has 4 rings (SSSR count). The number of aliphatic imine (C=N–C) groups is 1. The van der Waals surface area contributed by atoms with Crippen molar-refractivity contribution in [3.05, 3.63) is 81.2 Å². The zero-order valence-corrected chi connectivity index (χ0v) is 22.8. The molecule has 0 aliphatic heterocycles. The lowest BCUT2D eigenvalue weighted by molar-refractivity contribution is 0.102. The number of ether oxygens (including phenoxy) is 1. The van der Waals surface area contributed by atoms with Crippen molar-refractivity contribution >= 4 is 34.1 Å². The van der Waals surface area contributed by atoms with E-state index in [0.29, 0.717) is 24.3 Å². The van der Waals surface area contributed by atoms with Crippen LogP contribution in [0.25, 0.3) is 0 Å². The second-order valence-corrected chi connectivity index (χ2v) is 10.7. The van der Waals surface area contributed by atoms with Gasteiger partial charge in [0.1, 0.15) is 5.00 Å². The normalized spacial score (nSPS) is 13.6. The van der Waals surface area contributed by atoms with Gasteiger partial charge in [-0.2, -0.15) is 0 Å². The van der Waals surface area contributed by atoms with Crippen molar-refractivity contribution in [2.75, 3.05) is 11.9 Å². The van der Waals surface area contributed by atoms with Gasteiger partial charge in [0.25, 0.3) is 5.91 Å². The van der Waals surface area contributed by atoms with Gasteiger partial charge in [-0.25, -0.2) is 4.99 Å². The standard InChI is InChI=1S/C31H36N2O3S/c1-5-11-23-17-22(18-26(29(23)34)36-6-2)19-32-31-28(24-12-9-7-8-10-13-27(24)37-31)30(35)33-25-16-20(3)14-15-21(25)4/h5,14-19,34H,1,6-13H2,2-4H3,(H,33,35). The molecule has 0 bridgehead atoms. The Morgan fingerprint density at radius 2 is 1.95 bits per heavy atom. The van der Waals surface area contributed by atoms with E-state index in [1.165, 1.54) is 17.7 Å². The van der Waals surface area contributed by atoms with Crippen molar-refractivity contribution in [2.45, 2.75) is 65.7 Å². The fourth-order valence-corrected chi connectivity index (χ4v) is 5.99. The third kappa shape index (κ3) is 6.31. The van der Waals surface area contributed by atoms with E-state index < -0.39 is 0 Å². The summed E-state index contributed by atoms with van der Waals surface area (Å²) in [7, 11) is 0. The van der Waals surface area contributed by atoms with Crippen molar-refractivity contribution in [3.8, 4) is 11.5 Å². The summed E-state index contributed by atoms with van der Waals surface area (Å²) in [6.07, 6.45) is 10.5. The number of amides is 1. The van der Waals surface area contributed by atoms with Crippen molar-refractivity contribution in [2.24, 2.45) is 4.99 Å². The van der Waals surface area contributed by atoms with Gasteiger partial charge in [-0.05, 0) is 93.3 Å². The largest absolute Gasteiger partial charge is 0.504 e. The van der Waals surface area contributed by atoms with Crippen LogP contribution in [0.3, 0.4) is 0 Å². The average molecular weight is 517 g/mol. The highest BCUT2D eigenvalue weighted by Gasteiger charge is 2.24. The molecule has 0 fully saturated rings. The van der Waals surface area contributed by atoms with Crippen LogP contribution in [0, 0.1) is 13.8 Å². The number of aryl methyl sites for hydroxylation is 3. The summed E-state index contributed by atoms with van der Waals surface area (Å²) in [6, 6.07) is 9.77. The minimum atomic E-state index is -0.105. The van der Waals surface area contributed by atoms with Gasteiger partial charge in [0.05, 0.1) is 12.2 Å². The Kier molecular flexibility index (Phi) is 8.82. The molecule has 3 aromatic rings. The number of nitrogens with zero attached hydrogens (tertiary/aromatic N) is 1. The highest BCUT2D eigenvalue weighted by atomic mass is 32.1. The number of aromatic hydroxyl groups is 1. The lowest BCUT2D eigenvalue weighted by atomic mass is 9.96. The van der Waals surface area contributed by atoms with Crippen LogP contribution in [-0.2, 0) is 19.3 Å². The SMILES string of the molecule is C=CCc1cc(C=Nc2sc3c(c2C(=O)Nc2cc(C)ccc2C)CCCCCC3)cc(OCC)c1O. The molecule has 1 aliphatic rings. The van der Waals surface area contributed by atoms with Gasteiger partial charge in [-0.3, -0.25) is 4.79 Å². The second-order valence-electron chi connectivity index (χ2n) is 9.58. The number of carbonyl (C=O) groups excluding carboxylic acids is 1. The molecular weight excluding hydrogens is 480 g/mol. The molecule has 0 spiro atoms. The predicted molar refractivity (Wildman–Crippen MR) is 154 cm³/mol. The predicted octanol–water partition coefficient (Wildman–Crippen LogP) is 7.86. The second kappa shape index (κ2) is 12.2. The van der Waals surface area contributed by atoms with Crippen LogP contribution in [0.2, 0.25) is 0 Å². The summed E-state index contributed by atoms with van der Waals surface area (Å²) in [5.74, 6) is 0.452. The number of phenols is 1. The summed E-state index contributed by atoms with van der Waals surface area (Å²) in [6.45, 7) is 10.2. The topological polar surface area (TPSA) is 70.9 Å². The van der Waals surface area contributed by atoms with Crippen molar-refractivity contribution in [1.29, 1.82) is 0 Å². The molecular formula is C31H36N2O3S. The molecule has 37 heavy (non-hydrogen) atoms. The first-order valence-corrected chi connectivity index (χ1v) is 13.9. The third-order valence-electron chi connectivity index (χ3n) is 6.69. The minimum absolute atomic E-state index is 0.105. The number of benzene rings is 2. The molecule has 5 nitrogen and oxygen atoms in total. The number of anilines is 1. The molecule has 2 aromatic carbocycles. The molecule has 194 valence electrons. The van der Waals surface area contributed by atoms with Gasteiger partial charge in [-0.1, -0.05) is 31.1 Å². The monoisotopic (exact) mass is 516 g/mol. The molecule has 0 unspecified atom stereocenters. The molecule has 0 radical (unpaired) electrons. The number of carbonyl (C=O) groups is 1. The number of phenolic OH excluding ortho intramolecular Hbond substituents is 1. The number of nitrogens with one attached hydrogen (secondary N) is 1. The van der Waals surface area contributed by atoms with E-state index in [-0.39, 0.29) is 11.7 Å². The molecule has 1 aliphatic carbocycles. The minimum Gasteiger partial charge on any atom is -0.504 e. The molecule has 1 heterocycles. The maximum atomic E-state index is 13.7. The van der Waals surface area contributed by atoms with E-state index in [4.69, 9.17) is 9.73 Å². The number of hydrogen-bond acceptors (Lipinski definition) is 5. The van der Waals surface area contributed by atoms with Crippen molar-refractivity contribution in [1.82, 2.24) is 0 Å². The Bertz CT molecular complexity index is 1320. The van der Waals surface area contributed by atoms with Crippen LogP contribution in [0.15, 0.2) is 48.0 Å². The van der Waals surface area contributed by atoms with E-state index >= 15 is 0 Å². The third-order valence-corrected chi connectivity index (χ3v) is 7.89. The van der Waals surface area contributed by atoms with Gasteiger partial charge in [0.15, 0.2) is 11.5 Å². The molecule has 1 aromatic heterocycles. The van der Waals surface area contributed by atoms with Crippen molar-refractivity contribution in [3.63, 3.8) is 0 Å². The summed E-state index contributed by atoms with van der Waals surface area (Å²) < 4.78 is 5.65. The zero-order chi connectivity index (χ0) is 26.4. The number of thiophene rings is 1. The molecule has 1 amide bonds. The van der Waals surface area contributed by atoms with Crippen LogP contribution in [0.5, 0.6) is 11.5 Å². The summed E-state index contributed by atoms with van der Waals surface area (Å²) >= 11 is 1.63. The Labute approximate surface area is 223 Å². The summed E-state index contributed by atoms with van der Waals surface area (Å²) in [5, 5.41) is 14.5. The van der Waals surface area contributed by atoms with E-state index in [9.17, 15) is 9.90 Å². The molecule has 6 heteroatoms. The van der Waals surface area contributed by atoms with Gasteiger partial charge in [0, 0.05) is 22.3 Å². The Morgan fingerprint density at radius 1 is 1.16 bits per heavy atom. The first-order valence-electron chi connectivity index (χ1n) is 13.1. The van der Waals surface area contributed by atoms with Crippen molar-refractivity contribution < 1.29 is 14.6 Å².